The van der Waals surface area contributed by atoms with Crippen molar-refractivity contribution in [2.45, 2.75) is 38.7 Å². The Labute approximate surface area is 138 Å². The fourth-order valence-corrected chi connectivity index (χ4v) is 4.19. The molecule has 0 aliphatic carbocycles. The predicted molar refractivity (Wildman–Crippen MR) is 91.8 cm³/mol. The third kappa shape index (κ3) is 2.56. The molecule has 3 aliphatic heterocycles. The van der Waals surface area contributed by atoms with Gasteiger partial charge in [0.05, 0.1) is 11.4 Å². The number of benzene rings is 1. The molecule has 4 rings (SSSR count). The van der Waals surface area contributed by atoms with E-state index in [1.807, 2.05) is 0 Å². The molecule has 2 saturated heterocycles. The summed E-state index contributed by atoms with van der Waals surface area (Å²) in [6.07, 6.45) is 3.33. The van der Waals surface area contributed by atoms with E-state index in [4.69, 9.17) is 4.74 Å². The Balaban J connectivity index is 1.63. The van der Waals surface area contributed by atoms with E-state index >= 15 is 0 Å². The molecule has 0 unspecified atom stereocenters. The van der Waals surface area contributed by atoms with Crippen LogP contribution in [-0.4, -0.2) is 44.0 Å². The van der Waals surface area contributed by atoms with E-state index in [1.165, 1.54) is 23.5 Å². The lowest BCUT2D eigenvalue weighted by Crippen LogP contribution is -2.58. The lowest BCUT2D eigenvalue weighted by molar-refractivity contribution is 0.126. The molecular weight excluding hydrogens is 290 g/mol. The van der Waals surface area contributed by atoms with E-state index in [9.17, 15) is 5.21 Å². The Hall–Kier alpha value is -1.46. The molecule has 0 saturated carbocycles. The molecule has 3 aliphatic rings. The molecule has 1 spiro atoms. The molecule has 1 aromatic carbocycles. The summed E-state index contributed by atoms with van der Waals surface area (Å²) >= 11 is 0. The summed E-state index contributed by atoms with van der Waals surface area (Å²) in [4.78, 5) is 2.40. The number of hydrogen-bond donors (Lipinski definition) is 2. The summed E-state index contributed by atoms with van der Waals surface area (Å²) in [7, 11) is 1.70. The zero-order valence-electron chi connectivity index (χ0n) is 14.4. The predicted octanol–water partition coefficient (Wildman–Crippen LogP) is 2.42. The van der Waals surface area contributed by atoms with Crippen molar-refractivity contribution in [3.63, 3.8) is 0 Å². The van der Waals surface area contributed by atoms with Crippen molar-refractivity contribution in [3.8, 4) is 5.75 Å². The summed E-state index contributed by atoms with van der Waals surface area (Å²) in [6.45, 7) is 8.64. The molecule has 0 radical (unpaired) electrons. The van der Waals surface area contributed by atoms with Crippen LogP contribution in [0.3, 0.4) is 0 Å². The number of rotatable bonds is 2. The Morgan fingerprint density at radius 1 is 1.22 bits per heavy atom. The molecule has 3 heterocycles. The average molecular weight is 317 g/mol. The van der Waals surface area contributed by atoms with Crippen LogP contribution in [0, 0.1) is 5.41 Å². The van der Waals surface area contributed by atoms with Crippen molar-refractivity contribution >= 4 is 11.4 Å². The standard InChI is InChI=1S/C18H27N3O2/c1-17(2)10-13-8-14(20(3)22)15(9-16(13)23-17)21-6-4-18(5-7-21)11-19-12-18/h8-9,19,22H,4-7,10-12H2,1-3H3. The second-order valence-electron chi connectivity index (χ2n) is 8.10. The molecule has 23 heavy (non-hydrogen) atoms. The summed E-state index contributed by atoms with van der Waals surface area (Å²) in [5.41, 5.74) is 3.53. The van der Waals surface area contributed by atoms with Gasteiger partial charge in [-0.3, -0.25) is 10.3 Å². The summed E-state index contributed by atoms with van der Waals surface area (Å²) < 4.78 is 6.10. The van der Waals surface area contributed by atoms with Crippen LogP contribution in [-0.2, 0) is 6.42 Å². The molecule has 0 aromatic heterocycles. The second-order valence-corrected chi connectivity index (χ2v) is 8.10. The number of anilines is 2. The van der Waals surface area contributed by atoms with Gasteiger partial charge in [-0.2, -0.15) is 0 Å². The maximum atomic E-state index is 10.1. The Bertz CT molecular complexity index is 613. The van der Waals surface area contributed by atoms with Gasteiger partial charge in [-0.1, -0.05) is 0 Å². The number of piperidine rings is 1. The molecule has 2 N–H and O–H groups in total. The Morgan fingerprint density at radius 3 is 2.48 bits per heavy atom. The van der Waals surface area contributed by atoms with Gasteiger partial charge in [-0.15, -0.1) is 0 Å². The van der Waals surface area contributed by atoms with E-state index < -0.39 is 0 Å². The minimum Gasteiger partial charge on any atom is -0.487 e. The SMILES string of the molecule is CN(O)c1cc2c(cc1N1CCC3(CC1)CNC3)OC(C)(C)C2. The minimum atomic E-state index is -0.157. The third-order valence-corrected chi connectivity index (χ3v) is 5.67. The van der Waals surface area contributed by atoms with Gasteiger partial charge >= 0.3 is 0 Å². The molecule has 5 heteroatoms. The van der Waals surface area contributed by atoms with E-state index in [0.29, 0.717) is 5.41 Å². The van der Waals surface area contributed by atoms with Gasteiger partial charge in [0.1, 0.15) is 11.4 Å². The molecule has 0 bridgehead atoms. The number of ether oxygens (including phenoxy) is 1. The smallest absolute Gasteiger partial charge is 0.125 e. The molecule has 126 valence electrons. The fraction of sp³-hybridized carbons (Fsp3) is 0.667. The van der Waals surface area contributed by atoms with Crippen LogP contribution in [0.15, 0.2) is 12.1 Å². The van der Waals surface area contributed by atoms with E-state index in [0.717, 1.165) is 49.7 Å². The van der Waals surface area contributed by atoms with Gasteiger partial charge in [0.15, 0.2) is 0 Å². The summed E-state index contributed by atoms with van der Waals surface area (Å²) in [5.74, 6) is 0.973. The van der Waals surface area contributed by atoms with Gasteiger partial charge in [0, 0.05) is 51.3 Å². The highest BCUT2D eigenvalue weighted by Gasteiger charge is 2.40. The third-order valence-electron chi connectivity index (χ3n) is 5.67. The van der Waals surface area contributed by atoms with Gasteiger partial charge in [-0.05, 0) is 38.2 Å². The molecule has 1 aromatic rings. The van der Waals surface area contributed by atoms with Gasteiger partial charge in [-0.25, -0.2) is 0 Å². The molecule has 2 fully saturated rings. The number of hydrogen-bond acceptors (Lipinski definition) is 5. The van der Waals surface area contributed by atoms with Crippen molar-refractivity contribution in [1.82, 2.24) is 5.32 Å². The van der Waals surface area contributed by atoms with Gasteiger partial charge < -0.3 is 15.0 Å². The van der Waals surface area contributed by atoms with Crippen LogP contribution in [0.5, 0.6) is 5.75 Å². The first-order valence-corrected chi connectivity index (χ1v) is 8.62. The zero-order chi connectivity index (χ0) is 16.2. The van der Waals surface area contributed by atoms with E-state index in [-0.39, 0.29) is 5.60 Å². The largest absolute Gasteiger partial charge is 0.487 e. The van der Waals surface area contributed by atoms with Crippen LogP contribution in [0.25, 0.3) is 0 Å². The van der Waals surface area contributed by atoms with Crippen molar-refractivity contribution in [1.29, 1.82) is 0 Å². The normalized spacial score (nSPS) is 24.1. The number of nitrogens with one attached hydrogen (secondary N) is 1. The summed E-state index contributed by atoms with van der Waals surface area (Å²) in [5, 5.41) is 14.8. The average Bonchev–Trinajstić information content (AvgIpc) is 2.77. The monoisotopic (exact) mass is 317 g/mol. The van der Waals surface area contributed by atoms with Crippen LogP contribution >= 0.6 is 0 Å². The van der Waals surface area contributed by atoms with Crippen LogP contribution in [0.4, 0.5) is 11.4 Å². The van der Waals surface area contributed by atoms with Crippen LogP contribution < -0.4 is 20.0 Å². The quantitative estimate of drug-likeness (QED) is 0.820. The minimum absolute atomic E-state index is 0.157. The molecule has 0 amide bonds. The van der Waals surface area contributed by atoms with Crippen molar-refractivity contribution in [2.24, 2.45) is 5.41 Å². The lowest BCUT2D eigenvalue weighted by Gasteiger charge is -2.49. The van der Waals surface area contributed by atoms with Gasteiger partial charge in [0.25, 0.3) is 0 Å². The van der Waals surface area contributed by atoms with Crippen molar-refractivity contribution in [3.05, 3.63) is 17.7 Å². The zero-order valence-corrected chi connectivity index (χ0v) is 14.4. The van der Waals surface area contributed by atoms with Crippen molar-refractivity contribution in [2.75, 3.05) is 43.2 Å². The topological polar surface area (TPSA) is 48.0 Å². The number of fused-ring (bicyclic) bond motifs is 1. The summed E-state index contributed by atoms with van der Waals surface area (Å²) in [6, 6.07) is 4.22. The first kappa shape index (κ1) is 15.1. The first-order chi connectivity index (χ1) is 10.9. The van der Waals surface area contributed by atoms with E-state index in [2.05, 4.69) is 36.2 Å². The van der Waals surface area contributed by atoms with E-state index in [1.54, 1.807) is 7.05 Å². The first-order valence-electron chi connectivity index (χ1n) is 8.62. The maximum Gasteiger partial charge on any atom is 0.125 e. The lowest BCUT2D eigenvalue weighted by atomic mass is 9.73. The number of hydroxylamine groups is 1. The molecular formula is C18H27N3O2. The maximum absolute atomic E-state index is 10.1. The van der Waals surface area contributed by atoms with Crippen LogP contribution in [0.1, 0.15) is 32.3 Å². The second kappa shape index (κ2) is 5.02. The highest BCUT2D eigenvalue weighted by molar-refractivity contribution is 5.74. The molecule has 5 nitrogen and oxygen atoms in total. The fourth-order valence-electron chi connectivity index (χ4n) is 4.19. The highest BCUT2D eigenvalue weighted by atomic mass is 16.5. The Morgan fingerprint density at radius 2 is 1.91 bits per heavy atom. The van der Waals surface area contributed by atoms with Crippen LogP contribution in [0.2, 0.25) is 0 Å². The Kier molecular flexibility index (Phi) is 3.29. The highest BCUT2D eigenvalue weighted by Crippen LogP contribution is 2.44. The number of nitrogens with zero attached hydrogens (tertiary/aromatic N) is 2. The van der Waals surface area contributed by atoms with Gasteiger partial charge in [0.2, 0.25) is 0 Å². The van der Waals surface area contributed by atoms with Crippen molar-refractivity contribution < 1.29 is 9.94 Å². The molecule has 0 atom stereocenters.